The van der Waals surface area contributed by atoms with Crippen LogP contribution in [0, 0.1) is 5.82 Å². The molecule has 1 aliphatic rings. The lowest BCUT2D eigenvalue weighted by Gasteiger charge is -2.32. The summed E-state index contributed by atoms with van der Waals surface area (Å²) >= 11 is 0. The first kappa shape index (κ1) is 16.2. The zero-order chi connectivity index (χ0) is 15.9. The molecule has 2 rings (SSSR count). The van der Waals surface area contributed by atoms with Crippen LogP contribution in [0.25, 0.3) is 0 Å². The molecule has 1 fully saturated rings. The number of nitrogens with one attached hydrogen (secondary N) is 1. The van der Waals surface area contributed by atoms with Gasteiger partial charge in [0.05, 0.1) is 6.54 Å². The molecular weight excluding hydrogens is 289 g/mol. The molecule has 0 unspecified atom stereocenters. The Labute approximate surface area is 128 Å². The molecule has 0 radical (unpaired) electrons. The van der Waals surface area contributed by atoms with Gasteiger partial charge in [-0.05, 0) is 19.2 Å². The molecule has 0 saturated carbocycles. The fraction of sp³-hybridized carbons (Fsp3) is 0.467. The third-order valence-electron chi connectivity index (χ3n) is 3.49. The molecule has 0 spiro atoms. The molecule has 6 nitrogen and oxygen atoms in total. The van der Waals surface area contributed by atoms with Crippen molar-refractivity contribution in [3.63, 3.8) is 0 Å². The second-order valence-corrected chi connectivity index (χ2v) is 5.18. The molecule has 1 aromatic carbocycles. The van der Waals surface area contributed by atoms with E-state index < -0.39 is 11.7 Å². The maximum Gasteiger partial charge on any atom is 0.258 e. The third-order valence-corrected chi connectivity index (χ3v) is 3.49. The normalized spacial score (nSPS) is 15.5. The maximum atomic E-state index is 13.3. The number of hydrogen-bond donors (Lipinski definition) is 1. The maximum absolute atomic E-state index is 13.3. The van der Waals surface area contributed by atoms with E-state index in [0.29, 0.717) is 13.1 Å². The SMILES string of the molecule is CN1CCN(C(=O)CNC(=O)COc2ccccc2F)CC1. The van der Waals surface area contributed by atoms with Crippen LogP contribution in [0.5, 0.6) is 5.75 Å². The topological polar surface area (TPSA) is 61.9 Å². The van der Waals surface area contributed by atoms with E-state index in [4.69, 9.17) is 4.74 Å². The van der Waals surface area contributed by atoms with Crippen molar-refractivity contribution in [1.29, 1.82) is 0 Å². The highest BCUT2D eigenvalue weighted by atomic mass is 19.1. The summed E-state index contributed by atoms with van der Waals surface area (Å²) < 4.78 is 18.4. The quantitative estimate of drug-likeness (QED) is 0.838. The Morgan fingerprint density at radius 3 is 2.59 bits per heavy atom. The van der Waals surface area contributed by atoms with E-state index in [9.17, 15) is 14.0 Å². The first-order chi connectivity index (χ1) is 10.6. The largest absolute Gasteiger partial charge is 0.481 e. The van der Waals surface area contributed by atoms with E-state index in [1.165, 1.54) is 18.2 Å². The number of benzene rings is 1. The average molecular weight is 309 g/mol. The van der Waals surface area contributed by atoms with E-state index in [-0.39, 0.29) is 24.8 Å². The van der Waals surface area contributed by atoms with Gasteiger partial charge in [0.15, 0.2) is 18.2 Å². The summed E-state index contributed by atoms with van der Waals surface area (Å²) in [5.74, 6) is -1.08. The van der Waals surface area contributed by atoms with Gasteiger partial charge in [-0.3, -0.25) is 9.59 Å². The molecule has 22 heavy (non-hydrogen) atoms. The van der Waals surface area contributed by atoms with Crippen molar-refractivity contribution < 1.29 is 18.7 Å². The zero-order valence-electron chi connectivity index (χ0n) is 12.5. The summed E-state index contributed by atoms with van der Waals surface area (Å²) in [6, 6.07) is 5.85. The first-order valence-corrected chi connectivity index (χ1v) is 7.16. The van der Waals surface area contributed by atoms with Crippen molar-refractivity contribution in [1.82, 2.24) is 15.1 Å². The number of rotatable bonds is 5. The standard InChI is InChI=1S/C15H20FN3O3/c1-18-6-8-19(9-7-18)15(21)10-17-14(20)11-22-13-5-3-2-4-12(13)16/h2-5H,6-11H2,1H3,(H,17,20). The summed E-state index contributed by atoms with van der Waals surface area (Å²) in [6.45, 7) is 2.60. The highest BCUT2D eigenvalue weighted by molar-refractivity contribution is 5.85. The molecule has 1 N–H and O–H groups in total. The molecule has 7 heteroatoms. The van der Waals surface area contributed by atoms with Crippen LogP contribution in [0.4, 0.5) is 4.39 Å². The summed E-state index contributed by atoms with van der Waals surface area (Å²) in [6.07, 6.45) is 0. The van der Waals surface area contributed by atoms with E-state index in [2.05, 4.69) is 10.2 Å². The number of carbonyl (C=O) groups is 2. The molecule has 1 aliphatic heterocycles. The van der Waals surface area contributed by atoms with Gasteiger partial charge < -0.3 is 19.9 Å². The Balaban J connectivity index is 1.69. The van der Waals surface area contributed by atoms with Crippen molar-refractivity contribution in [3.05, 3.63) is 30.1 Å². The Kier molecular flexibility index (Phi) is 5.71. The van der Waals surface area contributed by atoms with E-state index in [0.717, 1.165) is 13.1 Å². The Hall–Kier alpha value is -2.15. The molecule has 1 aromatic rings. The molecule has 0 bridgehead atoms. The van der Waals surface area contributed by atoms with Crippen LogP contribution < -0.4 is 10.1 Å². The molecule has 2 amide bonds. The van der Waals surface area contributed by atoms with Gasteiger partial charge in [-0.15, -0.1) is 0 Å². The van der Waals surface area contributed by atoms with Crippen molar-refractivity contribution >= 4 is 11.8 Å². The van der Waals surface area contributed by atoms with Crippen LogP contribution in [0.3, 0.4) is 0 Å². The minimum atomic E-state index is -0.524. The molecule has 1 saturated heterocycles. The van der Waals surface area contributed by atoms with Crippen molar-refractivity contribution in [2.24, 2.45) is 0 Å². The summed E-state index contributed by atoms with van der Waals surface area (Å²) in [5.41, 5.74) is 0. The van der Waals surface area contributed by atoms with Crippen LogP contribution in [0.15, 0.2) is 24.3 Å². The Bertz CT molecular complexity index is 531. The van der Waals surface area contributed by atoms with Crippen molar-refractivity contribution in [2.75, 3.05) is 46.4 Å². The Morgan fingerprint density at radius 1 is 1.23 bits per heavy atom. The lowest BCUT2D eigenvalue weighted by atomic mass is 10.3. The van der Waals surface area contributed by atoms with E-state index >= 15 is 0 Å². The van der Waals surface area contributed by atoms with Gasteiger partial charge >= 0.3 is 0 Å². The second-order valence-electron chi connectivity index (χ2n) is 5.18. The smallest absolute Gasteiger partial charge is 0.258 e. The van der Waals surface area contributed by atoms with Gasteiger partial charge in [0.2, 0.25) is 5.91 Å². The molecule has 0 aromatic heterocycles. The van der Waals surface area contributed by atoms with Crippen LogP contribution in [-0.2, 0) is 9.59 Å². The summed E-state index contributed by atoms with van der Waals surface area (Å²) in [4.78, 5) is 27.4. The minimum absolute atomic E-state index is 0.0167. The van der Waals surface area contributed by atoms with Crippen molar-refractivity contribution in [2.45, 2.75) is 0 Å². The number of carbonyl (C=O) groups excluding carboxylic acids is 2. The van der Waals surface area contributed by atoms with Gasteiger partial charge in [0.25, 0.3) is 5.91 Å². The van der Waals surface area contributed by atoms with Gasteiger partial charge in [0, 0.05) is 26.2 Å². The molecular formula is C15H20FN3O3. The zero-order valence-corrected chi connectivity index (χ0v) is 12.5. The molecule has 120 valence electrons. The number of hydrogen-bond acceptors (Lipinski definition) is 4. The number of likely N-dealkylation sites (N-methyl/N-ethyl adjacent to an activating group) is 1. The third kappa shape index (κ3) is 4.70. The van der Waals surface area contributed by atoms with Crippen LogP contribution in [0.1, 0.15) is 0 Å². The fourth-order valence-corrected chi connectivity index (χ4v) is 2.10. The molecule has 0 aliphatic carbocycles. The second kappa shape index (κ2) is 7.74. The van der Waals surface area contributed by atoms with Gasteiger partial charge in [-0.25, -0.2) is 4.39 Å². The van der Waals surface area contributed by atoms with Crippen LogP contribution in [-0.4, -0.2) is 68.0 Å². The molecule has 0 atom stereocenters. The summed E-state index contributed by atoms with van der Waals surface area (Å²) in [5, 5.41) is 2.49. The van der Waals surface area contributed by atoms with E-state index in [1.807, 2.05) is 7.05 Å². The number of ether oxygens (including phenoxy) is 1. The highest BCUT2D eigenvalue weighted by Gasteiger charge is 2.19. The summed E-state index contributed by atoms with van der Waals surface area (Å²) in [7, 11) is 2.00. The number of piperazine rings is 1. The highest BCUT2D eigenvalue weighted by Crippen LogP contribution is 2.14. The van der Waals surface area contributed by atoms with Gasteiger partial charge in [0.1, 0.15) is 0 Å². The first-order valence-electron chi connectivity index (χ1n) is 7.16. The van der Waals surface area contributed by atoms with Gasteiger partial charge in [-0.1, -0.05) is 12.1 Å². The number of halogens is 1. The minimum Gasteiger partial charge on any atom is -0.481 e. The average Bonchev–Trinajstić information content (AvgIpc) is 2.52. The van der Waals surface area contributed by atoms with Crippen molar-refractivity contribution in [3.8, 4) is 5.75 Å². The lowest BCUT2D eigenvalue weighted by Crippen LogP contribution is -2.50. The number of para-hydroxylation sites is 1. The van der Waals surface area contributed by atoms with Crippen LogP contribution in [0.2, 0.25) is 0 Å². The monoisotopic (exact) mass is 309 g/mol. The number of amides is 2. The Morgan fingerprint density at radius 2 is 1.91 bits per heavy atom. The lowest BCUT2D eigenvalue weighted by molar-refractivity contribution is -0.134. The fourth-order valence-electron chi connectivity index (χ4n) is 2.10. The van der Waals surface area contributed by atoms with E-state index in [1.54, 1.807) is 11.0 Å². The van der Waals surface area contributed by atoms with Gasteiger partial charge in [-0.2, -0.15) is 0 Å². The number of nitrogens with zero attached hydrogens (tertiary/aromatic N) is 2. The van der Waals surface area contributed by atoms with Crippen LogP contribution >= 0.6 is 0 Å². The molecule has 1 heterocycles. The predicted octanol–water partition coefficient (Wildman–Crippen LogP) is 0.0947. The predicted molar refractivity (Wildman–Crippen MR) is 79.0 cm³/mol.